The number of hydrogen-bond donors (Lipinski definition) is 1. The Bertz CT molecular complexity index is 1410. The van der Waals surface area contributed by atoms with E-state index in [2.05, 4.69) is 15.4 Å². The van der Waals surface area contributed by atoms with Gasteiger partial charge in [0.15, 0.2) is 10.7 Å². The Morgan fingerprint density at radius 1 is 1.14 bits per heavy atom. The van der Waals surface area contributed by atoms with Crippen LogP contribution in [-0.2, 0) is 11.2 Å². The molecule has 0 spiro atoms. The van der Waals surface area contributed by atoms with E-state index < -0.39 is 22.8 Å². The van der Waals surface area contributed by atoms with E-state index in [0.29, 0.717) is 24.4 Å². The van der Waals surface area contributed by atoms with Crippen molar-refractivity contribution in [3.05, 3.63) is 84.2 Å². The molecule has 1 aromatic heterocycles. The molecule has 1 aliphatic rings. The second-order valence-corrected chi connectivity index (χ2v) is 9.27. The van der Waals surface area contributed by atoms with E-state index in [1.165, 1.54) is 10.7 Å². The van der Waals surface area contributed by atoms with Gasteiger partial charge >= 0.3 is 6.01 Å². The maximum Gasteiger partial charge on any atom is 0.336 e. The third-order valence-corrected chi connectivity index (χ3v) is 6.61. The number of aromatic nitrogens is 3. The molecule has 37 heavy (non-hydrogen) atoms. The van der Waals surface area contributed by atoms with Crippen molar-refractivity contribution in [2.75, 3.05) is 19.0 Å². The van der Waals surface area contributed by atoms with Crippen molar-refractivity contribution in [2.24, 2.45) is 0 Å². The van der Waals surface area contributed by atoms with Gasteiger partial charge in [-0.3, -0.25) is 4.79 Å². The van der Waals surface area contributed by atoms with Crippen LogP contribution in [0.5, 0.6) is 11.8 Å². The van der Waals surface area contributed by atoms with E-state index in [9.17, 15) is 13.6 Å². The molecule has 4 aromatic rings. The zero-order valence-electron chi connectivity index (χ0n) is 19.8. The Morgan fingerprint density at radius 3 is 2.49 bits per heavy atom. The van der Waals surface area contributed by atoms with E-state index in [1.54, 1.807) is 49.6 Å². The maximum atomic E-state index is 14.6. The number of hydrogen-bond acceptors (Lipinski definition) is 5. The molecule has 1 aliphatic carbocycles. The monoisotopic (exact) mass is 524 g/mol. The number of carbonyl (C=O) groups is 1. The van der Waals surface area contributed by atoms with Gasteiger partial charge in [-0.15, -0.1) is 16.7 Å². The second-order valence-electron chi connectivity index (χ2n) is 8.59. The number of ether oxygens (including phenoxy) is 2. The number of alkyl halides is 2. The predicted octanol–water partition coefficient (Wildman–Crippen LogP) is 5.36. The van der Waals surface area contributed by atoms with Crippen molar-refractivity contribution in [3.63, 3.8) is 0 Å². The first-order chi connectivity index (χ1) is 17.9. The normalized spacial score (nSPS) is 18.3. The number of halogens is 3. The Hall–Kier alpha value is -3.98. The minimum Gasteiger partial charge on any atom is -0.497 e. The first kappa shape index (κ1) is 24.7. The molecule has 1 saturated carbocycles. The van der Waals surface area contributed by atoms with Gasteiger partial charge in [-0.05, 0) is 54.1 Å². The van der Waals surface area contributed by atoms with Crippen LogP contribution in [0.15, 0.2) is 72.8 Å². The van der Waals surface area contributed by atoms with Gasteiger partial charge in [0.05, 0.1) is 25.0 Å². The average molecular weight is 525 g/mol. The lowest BCUT2D eigenvalue weighted by molar-refractivity contribution is -0.116. The van der Waals surface area contributed by atoms with E-state index >= 15 is 0 Å². The van der Waals surface area contributed by atoms with Crippen LogP contribution in [0.3, 0.4) is 0 Å². The molecule has 0 bridgehead atoms. The second kappa shape index (κ2) is 10.2. The Labute approximate surface area is 217 Å². The minimum atomic E-state index is -1.50. The summed E-state index contributed by atoms with van der Waals surface area (Å²) < 4.78 is 40.5. The van der Waals surface area contributed by atoms with Crippen LogP contribution >= 0.6 is 11.6 Å². The highest BCUT2D eigenvalue weighted by Gasteiger charge is 2.60. The molecule has 1 N–H and O–H groups in total. The van der Waals surface area contributed by atoms with E-state index in [4.69, 9.17) is 21.1 Å². The maximum absolute atomic E-state index is 14.6. The fourth-order valence-corrected chi connectivity index (χ4v) is 3.94. The van der Waals surface area contributed by atoms with E-state index in [1.807, 2.05) is 24.3 Å². The smallest absolute Gasteiger partial charge is 0.336 e. The summed E-state index contributed by atoms with van der Waals surface area (Å²) in [6.07, 6.45) is -0.746. The average Bonchev–Trinajstić information content (AvgIpc) is 3.33. The summed E-state index contributed by atoms with van der Waals surface area (Å²) in [5.41, 5.74) is 2.31. The number of amides is 1. The van der Waals surface area contributed by atoms with Crippen LogP contribution < -0.4 is 14.8 Å². The molecule has 190 valence electrons. The lowest BCUT2D eigenvalue weighted by atomic mass is 10.1. The zero-order chi connectivity index (χ0) is 26.0. The quantitative estimate of drug-likeness (QED) is 0.298. The molecule has 1 heterocycles. The summed E-state index contributed by atoms with van der Waals surface area (Å²) in [5.74, 6) is -0.0176. The van der Waals surface area contributed by atoms with Crippen molar-refractivity contribution in [1.82, 2.24) is 14.8 Å². The molecule has 7 nitrogen and oxygen atoms in total. The first-order valence-electron chi connectivity index (χ1n) is 11.6. The molecule has 0 unspecified atom stereocenters. The fourth-order valence-electron chi connectivity index (χ4n) is 3.76. The molecular weight excluding hydrogens is 502 g/mol. The standard InChI is InChI=1S/C27H23ClF2N4O3/c1-36-20-12-6-17(7-13-20)14-15-37-26-32-24(21-4-2-3-5-22(21)29)34(33-26)19-10-8-18(9-11-19)31-25(35)27(28)16-23(27)30/h2-13,23H,14-16H2,1H3,(H,31,35)/t23-,27-/m1/s1. The molecule has 10 heteroatoms. The van der Waals surface area contributed by atoms with Crippen LogP contribution in [0.2, 0.25) is 0 Å². The highest BCUT2D eigenvalue weighted by molar-refractivity contribution is 6.39. The largest absolute Gasteiger partial charge is 0.497 e. The SMILES string of the molecule is COc1ccc(CCOc2nc(-c3ccccc3F)n(-c3ccc(NC(=O)[C@@]4(Cl)C[C@H]4F)cc3)n2)cc1. The third-order valence-electron chi connectivity index (χ3n) is 6.04. The molecule has 1 amide bonds. The lowest BCUT2D eigenvalue weighted by Gasteiger charge is -2.10. The van der Waals surface area contributed by atoms with Crippen LogP contribution in [0, 0.1) is 5.82 Å². The fraction of sp³-hybridized carbons (Fsp3) is 0.222. The van der Waals surface area contributed by atoms with Crippen LogP contribution in [-0.4, -0.2) is 45.4 Å². The molecule has 0 aliphatic heterocycles. The number of methoxy groups -OCH3 is 1. The predicted molar refractivity (Wildman–Crippen MR) is 136 cm³/mol. The summed E-state index contributed by atoms with van der Waals surface area (Å²) in [6.45, 7) is 0.313. The number of nitrogens with one attached hydrogen (secondary N) is 1. The van der Waals surface area contributed by atoms with Crippen molar-refractivity contribution in [1.29, 1.82) is 0 Å². The minimum absolute atomic E-state index is 0.00926. The molecule has 2 atom stereocenters. The van der Waals surface area contributed by atoms with Crippen LogP contribution in [0.25, 0.3) is 17.1 Å². The first-order valence-corrected chi connectivity index (χ1v) is 12.0. The number of anilines is 1. The summed E-state index contributed by atoms with van der Waals surface area (Å²) >= 11 is 5.96. The summed E-state index contributed by atoms with van der Waals surface area (Å²) in [4.78, 5) is 15.1. The van der Waals surface area contributed by atoms with Gasteiger partial charge in [0, 0.05) is 18.5 Å². The lowest BCUT2D eigenvalue weighted by Crippen LogP contribution is -2.27. The van der Waals surface area contributed by atoms with Gasteiger partial charge in [-0.25, -0.2) is 13.5 Å². The summed E-state index contributed by atoms with van der Waals surface area (Å²) in [6, 6.07) is 20.6. The van der Waals surface area contributed by atoms with Crippen molar-refractivity contribution in [3.8, 4) is 28.8 Å². The van der Waals surface area contributed by atoms with E-state index in [0.717, 1.165) is 11.3 Å². The van der Waals surface area contributed by atoms with Crippen LogP contribution in [0.1, 0.15) is 12.0 Å². The van der Waals surface area contributed by atoms with Crippen molar-refractivity contribution in [2.45, 2.75) is 23.9 Å². The number of benzene rings is 3. The highest BCUT2D eigenvalue weighted by atomic mass is 35.5. The van der Waals surface area contributed by atoms with E-state index in [-0.39, 0.29) is 23.8 Å². The molecular formula is C27H23ClF2N4O3. The molecule has 3 aromatic carbocycles. The van der Waals surface area contributed by atoms with Gasteiger partial charge in [0.25, 0.3) is 0 Å². The third kappa shape index (κ3) is 5.27. The van der Waals surface area contributed by atoms with Crippen LogP contribution in [0.4, 0.5) is 14.5 Å². The van der Waals surface area contributed by atoms with Gasteiger partial charge in [-0.2, -0.15) is 4.98 Å². The molecule has 0 saturated heterocycles. The Kier molecular flexibility index (Phi) is 6.80. The van der Waals surface area contributed by atoms with Crippen molar-refractivity contribution >= 4 is 23.2 Å². The molecule has 0 radical (unpaired) electrons. The van der Waals surface area contributed by atoms with Gasteiger partial charge < -0.3 is 14.8 Å². The van der Waals surface area contributed by atoms with Crippen molar-refractivity contribution < 1.29 is 23.0 Å². The summed E-state index contributed by atoms with van der Waals surface area (Å²) in [5, 5.41) is 7.06. The molecule has 5 rings (SSSR count). The molecule has 1 fully saturated rings. The Balaban J connectivity index is 1.36. The topological polar surface area (TPSA) is 78.3 Å². The number of carbonyl (C=O) groups excluding carboxylic acids is 1. The van der Waals surface area contributed by atoms with Gasteiger partial charge in [0.2, 0.25) is 5.91 Å². The number of rotatable bonds is 9. The van der Waals surface area contributed by atoms with Gasteiger partial charge in [0.1, 0.15) is 17.7 Å². The number of nitrogens with zero attached hydrogens (tertiary/aromatic N) is 3. The highest BCUT2D eigenvalue weighted by Crippen LogP contribution is 2.46. The van der Waals surface area contributed by atoms with Gasteiger partial charge in [-0.1, -0.05) is 24.3 Å². The zero-order valence-corrected chi connectivity index (χ0v) is 20.6. The Morgan fingerprint density at radius 2 is 1.84 bits per heavy atom. The summed E-state index contributed by atoms with van der Waals surface area (Å²) in [7, 11) is 1.61.